The standard InChI is InChI=1S/C19H18F3/c1-13-8-9-15-5-3-6-16(18(15)10-13)11-14-4-2-7-17(12-14)19(20,21)22/h2,4,7-12,16H,3,5-6H2,1H3. The number of benzene rings is 2. The number of hydrogen-bond donors (Lipinski definition) is 0. The van der Waals surface area contributed by atoms with Crippen LogP contribution in [0.25, 0.3) is 0 Å². The molecule has 0 N–H and O–H groups in total. The molecule has 22 heavy (non-hydrogen) atoms. The predicted octanol–water partition coefficient (Wildman–Crippen LogP) is 5.69. The molecule has 0 aliphatic heterocycles. The maximum atomic E-state index is 12.8. The third-order valence-electron chi connectivity index (χ3n) is 4.27. The first-order chi connectivity index (χ1) is 10.4. The van der Waals surface area contributed by atoms with Crippen LogP contribution in [0.2, 0.25) is 0 Å². The maximum Gasteiger partial charge on any atom is 0.416 e. The highest BCUT2D eigenvalue weighted by molar-refractivity contribution is 5.41. The lowest BCUT2D eigenvalue weighted by atomic mass is 9.79. The van der Waals surface area contributed by atoms with Gasteiger partial charge in [0.1, 0.15) is 0 Å². The van der Waals surface area contributed by atoms with Crippen LogP contribution in [0.1, 0.15) is 46.6 Å². The molecule has 1 aliphatic carbocycles. The van der Waals surface area contributed by atoms with Gasteiger partial charge in [0.15, 0.2) is 0 Å². The molecule has 0 spiro atoms. The fraction of sp³-hybridized carbons (Fsp3) is 0.316. The molecule has 2 aromatic carbocycles. The molecule has 0 nitrogen and oxygen atoms in total. The van der Waals surface area contributed by atoms with Gasteiger partial charge in [-0.05, 0) is 61.3 Å². The molecule has 0 saturated heterocycles. The molecule has 1 atom stereocenters. The molecule has 115 valence electrons. The summed E-state index contributed by atoms with van der Waals surface area (Å²) in [6.07, 6.45) is 0.822. The summed E-state index contributed by atoms with van der Waals surface area (Å²) in [6, 6.07) is 12.0. The summed E-state index contributed by atoms with van der Waals surface area (Å²) in [6.45, 7) is 2.05. The summed E-state index contributed by atoms with van der Waals surface area (Å²) >= 11 is 0. The normalized spacial score (nSPS) is 18.1. The number of halogens is 3. The van der Waals surface area contributed by atoms with Crippen LogP contribution in [-0.4, -0.2) is 0 Å². The zero-order valence-electron chi connectivity index (χ0n) is 12.5. The average molecular weight is 303 g/mol. The van der Waals surface area contributed by atoms with E-state index in [0.717, 1.165) is 25.3 Å². The van der Waals surface area contributed by atoms with Crippen LogP contribution in [-0.2, 0) is 12.6 Å². The zero-order valence-corrected chi connectivity index (χ0v) is 12.5. The summed E-state index contributed by atoms with van der Waals surface area (Å²) in [5.41, 5.74) is 3.85. The van der Waals surface area contributed by atoms with Crippen molar-refractivity contribution < 1.29 is 13.2 Å². The van der Waals surface area contributed by atoms with Gasteiger partial charge in [-0.25, -0.2) is 0 Å². The van der Waals surface area contributed by atoms with Crippen molar-refractivity contribution in [2.24, 2.45) is 0 Å². The minimum Gasteiger partial charge on any atom is -0.166 e. The Hall–Kier alpha value is -1.77. The van der Waals surface area contributed by atoms with Crippen LogP contribution >= 0.6 is 0 Å². The molecule has 3 heteroatoms. The number of alkyl halides is 3. The largest absolute Gasteiger partial charge is 0.416 e. The molecule has 3 rings (SSSR count). The minimum atomic E-state index is -4.29. The summed E-state index contributed by atoms with van der Waals surface area (Å²) in [4.78, 5) is 0. The molecule has 0 saturated carbocycles. The first-order valence-electron chi connectivity index (χ1n) is 7.55. The Morgan fingerprint density at radius 1 is 1.09 bits per heavy atom. The summed E-state index contributed by atoms with van der Waals surface area (Å²) < 4.78 is 38.5. The van der Waals surface area contributed by atoms with Crippen molar-refractivity contribution in [2.75, 3.05) is 0 Å². The molecule has 1 radical (unpaired) electrons. The quantitative estimate of drug-likeness (QED) is 0.669. The Morgan fingerprint density at radius 2 is 1.91 bits per heavy atom. The Labute approximate surface area is 129 Å². The maximum absolute atomic E-state index is 12.8. The number of fused-ring (bicyclic) bond motifs is 1. The molecule has 1 unspecified atom stereocenters. The van der Waals surface area contributed by atoms with Gasteiger partial charge in [0, 0.05) is 0 Å². The smallest absolute Gasteiger partial charge is 0.166 e. The van der Waals surface area contributed by atoms with Crippen molar-refractivity contribution in [1.29, 1.82) is 0 Å². The van der Waals surface area contributed by atoms with E-state index in [0.29, 0.717) is 5.56 Å². The van der Waals surface area contributed by atoms with E-state index < -0.39 is 11.7 Å². The number of aryl methyl sites for hydroxylation is 2. The lowest BCUT2D eigenvalue weighted by Gasteiger charge is -2.26. The first kappa shape index (κ1) is 15.1. The molecule has 0 amide bonds. The minimum absolute atomic E-state index is 0.201. The lowest BCUT2D eigenvalue weighted by molar-refractivity contribution is -0.137. The van der Waals surface area contributed by atoms with Crippen molar-refractivity contribution in [3.05, 3.63) is 76.7 Å². The Kier molecular flexibility index (Phi) is 3.98. The molecule has 1 aliphatic rings. The topological polar surface area (TPSA) is 0 Å². The number of hydrogen-bond acceptors (Lipinski definition) is 0. The second kappa shape index (κ2) is 5.79. The van der Waals surface area contributed by atoms with Gasteiger partial charge in [-0.3, -0.25) is 0 Å². The number of rotatable bonds is 2. The highest BCUT2D eigenvalue weighted by Crippen LogP contribution is 2.37. The SMILES string of the molecule is Cc1ccc2c(c1)C([CH]c1cccc(C(F)(F)F)c1)CCC2. The molecule has 0 bridgehead atoms. The van der Waals surface area contributed by atoms with Gasteiger partial charge in [-0.15, -0.1) is 0 Å². The summed E-state index contributed by atoms with van der Waals surface area (Å²) in [5.74, 6) is 0.201. The first-order valence-corrected chi connectivity index (χ1v) is 7.55. The highest BCUT2D eigenvalue weighted by Gasteiger charge is 2.30. The zero-order chi connectivity index (χ0) is 15.7. The van der Waals surface area contributed by atoms with E-state index in [2.05, 4.69) is 25.1 Å². The van der Waals surface area contributed by atoms with Gasteiger partial charge in [0.25, 0.3) is 0 Å². The Balaban J connectivity index is 1.88. The van der Waals surface area contributed by atoms with Gasteiger partial charge >= 0.3 is 6.18 Å². The van der Waals surface area contributed by atoms with E-state index in [1.807, 2.05) is 6.42 Å². The average Bonchev–Trinajstić information content (AvgIpc) is 2.47. The van der Waals surface area contributed by atoms with Crippen LogP contribution in [0, 0.1) is 13.3 Å². The lowest BCUT2D eigenvalue weighted by Crippen LogP contribution is -2.12. The summed E-state index contributed by atoms with van der Waals surface area (Å²) in [7, 11) is 0. The van der Waals surface area contributed by atoms with Crippen molar-refractivity contribution in [2.45, 2.75) is 38.3 Å². The fourth-order valence-corrected chi connectivity index (χ4v) is 3.18. The third kappa shape index (κ3) is 3.18. The van der Waals surface area contributed by atoms with Gasteiger partial charge in [-0.1, -0.05) is 42.0 Å². The van der Waals surface area contributed by atoms with Gasteiger partial charge < -0.3 is 0 Å². The van der Waals surface area contributed by atoms with Crippen molar-refractivity contribution in [3.8, 4) is 0 Å². The van der Waals surface area contributed by atoms with E-state index in [1.54, 1.807) is 6.07 Å². The molecule has 0 heterocycles. The molecular formula is C19H18F3. The molecule has 2 aromatic rings. The van der Waals surface area contributed by atoms with Gasteiger partial charge in [-0.2, -0.15) is 13.2 Å². The molecular weight excluding hydrogens is 285 g/mol. The van der Waals surface area contributed by atoms with E-state index in [1.165, 1.54) is 28.8 Å². The Bertz CT molecular complexity index is 671. The van der Waals surface area contributed by atoms with E-state index in [4.69, 9.17) is 0 Å². The van der Waals surface area contributed by atoms with E-state index in [9.17, 15) is 13.2 Å². The van der Waals surface area contributed by atoms with Crippen LogP contribution in [0.5, 0.6) is 0 Å². The van der Waals surface area contributed by atoms with Crippen molar-refractivity contribution in [3.63, 3.8) is 0 Å². The molecule has 0 fully saturated rings. The van der Waals surface area contributed by atoms with Crippen LogP contribution < -0.4 is 0 Å². The predicted molar refractivity (Wildman–Crippen MR) is 81.7 cm³/mol. The van der Waals surface area contributed by atoms with Crippen LogP contribution in [0.3, 0.4) is 0 Å². The van der Waals surface area contributed by atoms with E-state index in [-0.39, 0.29) is 5.92 Å². The third-order valence-corrected chi connectivity index (χ3v) is 4.27. The molecule has 0 aromatic heterocycles. The summed E-state index contributed by atoms with van der Waals surface area (Å²) in [5, 5.41) is 0. The second-order valence-corrected chi connectivity index (χ2v) is 5.99. The second-order valence-electron chi connectivity index (χ2n) is 5.99. The highest BCUT2D eigenvalue weighted by atomic mass is 19.4. The van der Waals surface area contributed by atoms with Crippen LogP contribution in [0.4, 0.5) is 13.2 Å². The van der Waals surface area contributed by atoms with E-state index >= 15 is 0 Å². The van der Waals surface area contributed by atoms with Crippen molar-refractivity contribution >= 4 is 0 Å². The fourth-order valence-electron chi connectivity index (χ4n) is 3.18. The Morgan fingerprint density at radius 3 is 2.68 bits per heavy atom. The van der Waals surface area contributed by atoms with Crippen molar-refractivity contribution in [1.82, 2.24) is 0 Å². The van der Waals surface area contributed by atoms with Crippen LogP contribution in [0.15, 0.2) is 42.5 Å². The van der Waals surface area contributed by atoms with Gasteiger partial charge in [0.2, 0.25) is 0 Å². The van der Waals surface area contributed by atoms with Gasteiger partial charge in [0.05, 0.1) is 5.56 Å². The monoisotopic (exact) mass is 303 g/mol.